The summed E-state index contributed by atoms with van der Waals surface area (Å²) in [5, 5.41) is 5.69. The lowest BCUT2D eigenvalue weighted by atomic mass is 10.0. The number of hydrogen-bond acceptors (Lipinski definition) is 5. The van der Waals surface area contributed by atoms with Crippen molar-refractivity contribution in [1.29, 1.82) is 0 Å². The summed E-state index contributed by atoms with van der Waals surface area (Å²) in [6, 6.07) is 12.8. The molecule has 0 radical (unpaired) electrons. The van der Waals surface area contributed by atoms with Crippen molar-refractivity contribution in [2.24, 2.45) is 0 Å². The van der Waals surface area contributed by atoms with E-state index in [0.717, 1.165) is 22.4 Å². The van der Waals surface area contributed by atoms with Crippen molar-refractivity contribution in [3.8, 4) is 0 Å². The van der Waals surface area contributed by atoms with Gasteiger partial charge in [-0.1, -0.05) is 30.3 Å². The fourth-order valence-electron chi connectivity index (χ4n) is 3.88. The molecule has 1 fully saturated rings. The van der Waals surface area contributed by atoms with Crippen LogP contribution in [0.3, 0.4) is 0 Å². The van der Waals surface area contributed by atoms with E-state index in [2.05, 4.69) is 10.6 Å². The fourth-order valence-corrected chi connectivity index (χ4v) is 3.88. The van der Waals surface area contributed by atoms with Crippen molar-refractivity contribution < 1.29 is 14.4 Å². The van der Waals surface area contributed by atoms with E-state index in [9.17, 15) is 14.4 Å². The van der Waals surface area contributed by atoms with Crippen LogP contribution in [0.1, 0.15) is 39.9 Å². The third kappa shape index (κ3) is 3.48. The molecule has 4 rings (SSSR count). The van der Waals surface area contributed by atoms with Gasteiger partial charge in [0.2, 0.25) is 11.8 Å². The zero-order valence-corrected chi connectivity index (χ0v) is 15.4. The maximum absolute atomic E-state index is 13.0. The number of imide groups is 1. The summed E-state index contributed by atoms with van der Waals surface area (Å²) in [6.07, 6.45) is 0.624. The minimum atomic E-state index is -0.592. The summed E-state index contributed by atoms with van der Waals surface area (Å²) < 4.78 is 0. The maximum Gasteiger partial charge on any atom is 0.255 e. The smallest absolute Gasteiger partial charge is 0.255 e. The molecule has 0 aromatic heterocycles. The molecule has 28 heavy (non-hydrogen) atoms. The zero-order valence-electron chi connectivity index (χ0n) is 15.4. The van der Waals surface area contributed by atoms with Crippen LogP contribution in [0.15, 0.2) is 42.5 Å². The molecular weight excluding hydrogens is 356 g/mol. The van der Waals surface area contributed by atoms with Gasteiger partial charge >= 0.3 is 0 Å². The normalized spacial score (nSPS) is 18.9. The van der Waals surface area contributed by atoms with E-state index in [0.29, 0.717) is 31.6 Å². The van der Waals surface area contributed by atoms with Crippen LogP contribution < -0.4 is 16.4 Å². The Morgan fingerprint density at radius 3 is 2.71 bits per heavy atom. The van der Waals surface area contributed by atoms with Gasteiger partial charge in [0.1, 0.15) is 6.04 Å². The standard InChI is InChI=1S/C21H22N4O3/c22-16-6-1-3-13(9-16)10-23-11-14-4-2-5-15-12-25(21(28)19(14)15)17-7-8-18(26)24-20(17)27/h1-6,9,17,23H,7-8,10-12,22H2,(H,24,26,27). The molecule has 1 unspecified atom stereocenters. The second kappa shape index (κ2) is 7.44. The largest absolute Gasteiger partial charge is 0.399 e. The van der Waals surface area contributed by atoms with Gasteiger partial charge in [-0.15, -0.1) is 0 Å². The molecule has 2 aliphatic heterocycles. The molecule has 1 saturated heterocycles. The van der Waals surface area contributed by atoms with E-state index in [1.54, 1.807) is 4.90 Å². The van der Waals surface area contributed by atoms with E-state index < -0.39 is 11.9 Å². The van der Waals surface area contributed by atoms with Crippen molar-refractivity contribution in [2.75, 3.05) is 5.73 Å². The average molecular weight is 378 g/mol. The predicted octanol–water partition coefficient (Wildman–Crippen LogP) is 1.32. The number of hydrogen-bond donors (Lipinski definition) is 3. The second-order valence-corrected chi connectivity index (χ2v) is 7.20. The highest BCUT2D eigenvalue weighted by Gasteiger charge is 2.39. The number of amides is 3. The molecule has 0 spiro atoms. The van der Waals surface area contributed by atoms with E-state index in [1.807, 2.05) is 42.5 Å². The Morgan fingerprint density at radius 2 is 1.93 bits per heavy atom. The molecule has 0 saturated carbocycles. The van der Waals surface area contributed by atoms with Gasteiger partial charge in [-0.25, -0.2) is 0 Å². The number of nitrogens with zero attached hydrogens (tertiary/aromatic N) is 1. The number of anilines is 1. The molecule has 7 nitrogen and oxygen atoms in total. The molecule has 2 aromatic carbocycles. The number of carbonyl (C=O) groups is 3. The summed E-state index contributed by atoms with van der Waals surface area (Å²) >= 11 is 0. The van der Waals surface area contributed by atoms with Crippen LogP contribution in [-0.2, 0) is 29.2 Å². The predicted molar refractivity (Wildman–Crippen MR) is 104 cm³/mol. The van der Waals surface area contributed by atoms with Crippen LogP contribution in [-0.4, -0.2) is 28.7 Å². The first kappa shape index (κ1) is 18.2. The van der Waals surface area contributed by atoms with E-state index >= 15 is 0 Å². The Morgan fingerprint density at radius 1 is 1.11 bits per heavy atom. The summed E-state index contributed by atoms with van der Waals surface area (Å²) in [5.74, 6) is -0.818. The lowest BCUT2D eigenvalue weighted by Crippen LogP contribution is -2.52. The average Bonchev–Trinajstić information content (AvgIpc) is 2.99. The Labute approximate surface area is 162 Å². The Balaban J connectivity index is 1.47. The molecule has 2 heterocycles. The molecule has 2 aromatic rings. The Hall–Kier alpha value is -3.19. The third-order valence-corrected chi connectivity index (χ3v) is 5.23. The summed E-state index contributed by atoms with van der Waals surface area (Å²) in [5.41, 5.74) is 10.1. The van der Waals surface area contributed by atoms with Crippen LogP contribution in [0.25, 0.3) is 0 Å². The highest BCUT2D eigenvalue weighted by molar-refractivity contribution is 6.05. The number of piperidine rings is 1. The Kier molecular flexibility index (Phi) is 4.83. The van der Waals surface area contributed by atoms with Crippen molar-refractivity contribution in [3.63, 3.8) is 0 Å². The second-order valence-electron chi connectivity index (χ2n) is 7.20. The molecule has 144 valence electrons. The highest BCUT2D eigenvalue weighted by Crippen LogP contribution is 2.29. The van der Waals surface area contributed by atoms with Crippen LogP contribution in [0.2, 0.25) is 0 Å². The van der Waals surface area contributed by atoms with E-state index in [-0.39, 0.29) is 18.2 Å². The van der Waals surface area contributed by atoms with Crippen molar-refractivity contribution in [3.05, 3.63) is 64.7 Å². The molecule has 0 bridgehead atoms. The maximum atomic E-state index is 13.0. The third-order valence-electron chi connectivity index (χ3n) is 5.23. The zero-order chi connectivity index (χ0) is 19.7. The topological polar surface area (TPSA) is 105 Å². The first-order chi connectivity index (χ1) is 13.5. The quantitative estimate of drug-likeness (QED) is 0.538. The van der Waals surface area contributed by atoms with Gasteiger partial charge in [-0.3, -0.25) is 19.7 Å². The summed E-state index contributed by atoms with van der Waals surface area (Å²) in [6.45, 7) is 1.57. The van der Waals surface area contributed by atoms with E-state index in [4.69, 9.17) is 5.73 Å². The summed E-state index contributed by atoms with van der Waals surface area (Å²) in [7, 11) is 0. The van der Waals surface area contributed by atoms with Gasteiger partial charge < -0.3 is 16.0 Å². The van der Waals surface area contributed by atoms with Crippen LogP contribution in [0.4, 0.5) is 5.69 Å². The fraction of sp³-hybridized carbons (Fsp3) is 0.286. The van der Waals surface area contributed by atoms with Crippen LogP contribution in [0.5, 0.6) is 0 Å². The minimum Gasteiger partial charge on any atom is -0.399 e. The number of benzene rings is 2. The number of fused-ring (bicyclic) bond motifs is 1. The summed E-state index contributed by atoms with van der Waals surface area (Å²) in [4.78, 5) is 38.2. The molecule has 0 aliphatic carbocycles. The lowest BCUT2D eigenvalue weighted by Gasteiger charge is -2.29. The number of nitrogens with two attached hydrogens (primary N) is 1. The SMILES string of the molecule is Nc1cccc(CNCc2cccc3c2C(=O)N(C2CCC(=O)NC2=O)C3)c1. The monoisotopic (exact) mass is 378 g/mol. The number of nitrogens with one attached hydrogen (secondary N) is 2. The van der Waals surface area contributed by atoms with Crippen LogP contribution in [0, 0.1) is 0 Å². The Bertz CT molecular complexity index is 956. The highest BCUT2D eigenvalue weighted by atomic mass is 16.2. The van der Waals surface area contributed by atoms with Gasteiger partial charge in [-0.05, 0) is 35.2 Å². The lowest BCUT2D eigenvalue weighted by molar-refractivity contribution is -0.136. The van der Waals surface area contributed by atoms with Gasteiger partial charge in [0.15, 0.2) is 0 Å². The van der Waals surface area contributed by atoms with Gasteiger partial charge in [0.25, 0.3) is 5.91 Å². The first-order valence-electron chi connectivity index (χ1n) is 9.33. The van der Waals surface area contributed by atoms with Crippen LogP contribution >= 0.6 is 0 Å². The minimum absolute atomic E-state index is 0.147. The molecular formula is C21H22N4O3. The molecule has 4 N–H and O–H groups in total. The van der Waals surface area contributed by atoms with E-state index in [1.165, 1.54) is 0 Å². The van der Waals surface area contributed by atoms with Gasteiger partial charge in [0, 0.05) is 37.3 Å². The number of nitrogen functional groups attached to an aromatic ring is 1. The van der Waals surface area contributed by atoms with Crippen molar-refractivity contribution in [2.45, 2.75) is 38.5 Å². The van der Waals surface area contributed by atoms with Gasteiger partial charge in [0.05, 0.1) is 0 Å². The van der Waals surface area contributed by atoms with Crippen molar-refractivity contribution >= 4 is 23.4 Å². The first-order valence-corrected chi connectivity index (χ1v) is 9.33. The molecule has 7 heteroatoms. The van der Waals surface area contributed by atoms with Gasteiger partial charge in [-0.2, -0.15) is 0 Å². The number of carbonyl (C=O) groups excluding carboxylic acids is 3. The molecule has 1 atom stereocenters. The molecule has 3 amide bonds. The van der Waals surface area contributed by atoms with Crippen molar-refractivity contribution in [1.82, 2.24) is 15.5 Å². The number of rotatable bonds is 5. The molecule has 2 aliphatic rings.